The van der Waals surface area contributed by atoms with Crippen molar-refractivity contribution in [3.63, 3.8) is 0 Å². The first kappa shape index (κ1) is 20.1. The molecule has 0 atom stereocenters. The minimum absolute atomic E-state index is 0.0874. The van der Waals surface area contributed by atoms with Crippen molar-refractivity contribution in [3.8, 4) is 5.88 Å². The lowest BCUT2D eigenvalue weighted by atomic mass is 10.2. The average molecular weight is 441 g/mol. The summed E-state index contributed by atoms with van der Waals surface area (Å²) in [6.07, 6.45) is 0.950. The van der Waals surface area contributed by atoms with Crippen LogP contribution in [0.25, 0.3) is 10.9 Å². The number of aromatic amines is 1. The Morgan fingerprint density at radius 3 is 2.57 bits per heavy atom. The number of nitrogens with one attached hydrogen (secondary N) is 1. The number of hydrogen-bond acceptors (Lipinski definition) is 5. The molecule has 0 aliphatic rings. The topological polar surface area (TPSA) is 115 Å². The molecule has 0 bridgehead atoms. The molecule has 11 heteroatoms. The largest absolute Gasteiger partial charge is 0.493 e. The van der Waals surface area contributed by atoms with Crippen LogP contribution in [0.3, 0.4) is 0 Å². The predicted molar refractivity (Wildman–Crippen MR) is 108 cm³/mol. The van der Waals surface area contributed by atoms with E-state index in [1.165, 1.54) is 18.2 Å². The second-order valence-corrected chi connectivity index (χ2v) is 8.55. The standard InChI is InChI=1S/C17H14Cl2N4O4S/c1-28(26,27)23(10-6-7-12(18)13(19)8-10)9-15(24)21-22-16-11-4-2-3-5-14(11)20-17(16)25/h2-8,20,25H,9H2,1H3. The molecule has 2 N–H and O–H groups in total. The number of anilines is 1. The molecule has 0 aliphatic carbocycles. The summed E-state index contributed by atoms with van der Waals surface area (Å²) < 4.78 is 25.1. The number of hydrogen-bond donors (Lipinski definition) is 2. The molecule has 1 heterocycles. The van der Waals surface area contributed by atoms with E-state index in [1.54, 1.807) is 24.3 Å². The smallest absolute Gasteiger partial charge is 0.285 e. The van der Waals surface area contributed by atoms with Crippen molar-refractivity contribution < 1.29 is 18.3 Å². The lowest BCUT2D eigenvalue weighted by molar-refractivity contribution is -0.116. The number of amides is 1. The zero-order valence-corrected chi connectivity index (χ0v) is 16.8. The fourth-order valence-corrected chi connectivity index (χ4v) is 3.65. The number of rotatable bonds is 5. The third-order valence-corrected chi connectivity index (χ3v) is 5.67. The molecule has 8 nitrogen and oxygen atoms in total. The van der Waals surface area contributed by atoms with Crippen molar-refractivity contribution in [1.29, 1.82) is 0 Å². The third kappa shape index (κ3) is 4.27. The Bertz CT molecular complexity index is 1190. The SMILES string of the molecule is CS(=O)(=O)N(CC(=O)N=Nc1c(O)[nH]c2ccccc12)c1ccc(Cl)c(Cl)c1. The van der Waals surface area contributed by atoms with Gasteiger partial charge in [0.1, 0.15) is 6.54 Å². The molecular formula is C17H14Cl2N4O4S. The number of aromatic nitrogens is 1. The number of halogens is 2. The highest BCUT2D eigenvalue weighted by atomic mass is 35.5. The molecule has 0 saturated heterocycles. The first-order valence-corrected chi connectivity index (χ1v) is 10.4. The zero-order valence-electron chi connectivity index (χ0n) is 14.4. The number of H-pyrrole nitrogens is 1. The molecule has 0 fully saturated rings. The van der Waals surface area contributed by atoms with Gasteiger partial charge >= 0.3 is 0 Å². The number of para-hydroxylation sites is 1. The van der Waals surface area contributed by atoms with E-state index in [0.717, 1.165) is 10.6 Å². The molecule has 1 amide bonds. The quantitative estimate of drug-likeness (QED) is 0.576. The monoisotopic (exact) mass is 440 g/mol. The van der Waals surface area contributed by atoms with Gasteiger partial charge < -0.3 is 10.1 Å². The zero-order chi connectivity index (χ0) is 20.5. The molecule has 146 valence electrons. The van der Waals surface area contributed by atoms with Crippen LogP contribution in [-0.4, -0.2) is 37.2 Å². The molecule has 0 aliphatic heterocycles. The normalized spacial score (nSPS) is 12.0. The van der Waals surface area contributed by atoms with Crippen LogP contribution in [0.15, 0.2) is 52.7 Å². The van der Waals surface area contributed by atoms with Gasteiger partial charge in [0, 0.05) is 5.39 Å². The van der Waals surface area contributed by atoms with E-state index in [-0.39, 0.29) is 27.3 Å². The number of benzene rings is 2. The predicted octanol–water partition coefficient (Wildman–Crippen LogP) is 4.26. The Morgan fingerprint density at radius 1 is 1.18 bits per heavy atom. The van der Waals surface area contributed by atoms with Crippen LogP contribution in [0.2, 0.25) is 10.0 Å². The van der Waals surface area contributed by atoms with E-state index >= 15 is 0 Å². The van der Waals surface area contributed by atoms with E-state index in [0.29, 0.717) is 10.9 Å². The molecule has 0 radical (unpaired) electrons. The van der Waals surface area contributed by atoms with Crippen LogP contribution in [-0.2, 0) is 14.8 Å². The first-order chi connectivity index (χ1) is 13.2. The molecule has 2 aromatic carbocycles. The van der Waals surface area contributed by atoms with Crippen molar-refractivity contribution in [3.05, 3.63) is 52.5 Å². The van der Waals surface area contributed by atoms with Crippen LogP contribution in [0.5, 0.6) is 5.88 Å². The summed E-state index contributed by atoms with van der Waals surface area (Å²) >= 11 is 11.8. The number of carbonyl (C=O) groups is 1. The minimum Gasteiger partial charge on any atom is -0.493 e. The lowest BCUT2D eigenvalue weighted by Crippen LogP contribution is -2.34. The van der Waals surface area contributed by atoms with E-state index < -0.39 is 22.5 Å². The molecule has 3 aromatic rings. The average Bonchev–Trinajstić information content (AvgIpc) is 2.94. The van der Waals surface area contributed by atoms with E-state index in [2.05, 4.69) is 15.2 Å². The highest BCUT2D eigenvalue weighted by Gasteiger charge is 2.22. The first-order valence-electron chi connectivity index (χ1n) is 7.84. The van der Waals surface area contributed by atoms with Gasteiger partial charge in [-0.15, -0.1) is 10.2 Å². The Kier molecular flexibility index (Phi) is 5.59. The van der Waals surface area contributed by atoms with Crippen molar-refractivity contribution in [2.24, 2.45) is 10.2 Å². The summed E-state index contributed by atoms with van der Waals surface area (Å²) in [4.78, 5) is 15.0. The lowest BCUT2D eigenvalue weighted by Gasteiger charge is -2.20. The Morgan fingerprint density at radius 2 is 1.89 bits per heavy atom. The maximum Gasteiger partial charge on any atom is 0.285 e. The fraction of sp³-hybridized carbons (Fsp3) is 0.118. The summed E-state index contributed by atoms with van der Waals surface area (Å²) in [5.41, 5.74) is 0.870. The minimum atomic E-state index is -3.80. The van der Waals surface area contributed by atoms with Crippen molar-refractivity contribution in [2.75, 3.05) is 17.1 Å². The number of aromatic hydroxyl groups is 1. The van der Waals surface area contributed by atoms with Gasteiger partial charge in [0.05, 0.1) is 27.5 Å². The van der Waals surface area contributed by atoms with Gasteiger partial charge in [-0.25, -0.2) is 8.42 Å². The maximum atomic E-state index is 12.3. The van der Waals surface area contributed by atoms with Gasteiger partial charge in [-0.2, -0.15) is 0 Å². The second kappa shape index (κ2) is 7.78. The molecule has 0 saturated carbocycles. The van der Waals surface area contributed by atoms with Crippen LogP contribution >= 0.6 is 23.2 Å². The maximum absolute atomic E-state index is 12.3. The number of azo groups is 1. The highest BCUT2D eigenvalue weighted by molar-refractivity contribution is 7.92. The van der Waals surface area contributed by atoms with Crippen LogP contribution in [0.4, 0.5) is 11.4 Å². The molecule has 0 spiro atoms. The van der Waals surface area contributed by atoms with Gasteiger partial charge in [0.15, 0.2) is 5.69 Å². The van der Waals surface area contributed by atoms with Crippen molar-refractivity contribution in [1.82, 2.24) is 4.98 Å². The van der Waals surface area contributed by atoms with Crippen LogP contribution < -0.4 is 4.31 Å². The summed E-state index contributed by atoms with van der Waals surface area (Å²) in [6.45, 7) is -0.594. The van der Waals surface area contributed by atoms with Crippen molar-refractivity contribution in [2.45, 2.75) is 0 Å². The fourth-order valence-electron chi connectivity index (χ4n) is 2.51. The number of sulfonamides is 1. The summed E-state index contributed by atoms with van der Waals surface area (Å²) in [5.74, 6) is -1.08. The van der Waals surface area contributed by atoms with Gasteiger partial charge in [0.2, 0.25) is 15.9 Å². The van der Waals surface area contributed by atoms with E-state index in [1.807, 2.05) is 0 Å². The summed E-state index contributed by atoms with van der Waals surface area (Å²) in [5, 5.41) is 18.2. The second-order valence-electron chi connectivity index (χ2n) is 5.83. The molecule has 28 heavy (non-hydrogen) atoms. The van der Waals surface area contributed by atoms with E-state index in [9.17, 15) is 18.3 Å². The third-order valence-electron chi connectivity index (χ3n) is 3.79. The van der Waals surface area contributed by atoms with Gasteiger partial charge in [-0.3, -0.25) is 9.10 Å². The van der Waals surface area contributed by atoms with Crippen LogP contribution in [0.1, 0.15) is 0 Å². The van der Waals surface area contributed by atoms with Gasteiger partial charge in [-0.1, -0.05) is 41.4 Å². The summed E-state index contributed by atoms with van der Waals surface area (Å²) in [7, 11) is -3.80. The molecular weight excluding hydrogens is 427 g/mol. The van der Waals surface area contributed by atoms with Gasteiger partial charge in [-0.05, 0) is 24.3 Å². The summed E-state index contributed by atoms with van der Waals surface area (Å²) in [6, 6.07) is 11.1. The number of nitrogens with zero attached hydrogens (tertiary/aromatic N) is 3. The highest BCUT2D eigenvalue weighted by Crippen LogP contribution is 2.35. The Hall–Kier alpha value is -2.62. The van der Waals surface area contributed by atoms with Gasteiger partial charge in [0.25, 0.3) is 5.91 Å². The Labute approximate surface area is 170 Å². The number of fused-ring (bicyclic) bond motifs is 1. The molecule has 1 aromatic heterocycles. The Balaban J connectivity index is 1.87. The van der Waals surface area contributed by atoms with Crippen LogP contribution in [0, 0.1) is 0 Å². The van der Waals surface area contributed by atoms with Crippen molar-refractivity contribution >= 4 is 61.4 Å². The number of carbonyl (C=O) groups excluding carboxylic acids is 1. The molecule has 3 rings (SSSR count). The van der Waals surface area contributed by atoms with E-state index in [4.69, 9.17) is 23.2 Å². The molecule has 0 unspecified atom stereocenters.